The van der Waals surface area contributed by atoms with Gasteiger partial charge in [-0.05, 0) is 20.8 Å². The van der Waals surface area contributed by atoms with Crippen molar-refractivity contribution in [3.63, 3.8) is 0 Å². The molecule has 0 spiro atoms. The zero-order chi connectivity index (χ0) is 11.2. The minimum atomic E-state index is -2.74. The third-order valence-electron chi connectivity index (χ3n) is 1.67. The predicted molar refractivity (Wildman–Crippen MR) is 55.5 cm³/mol. The van der Waals surface area contributed by atoms with Gasteiger partial charge in [0.1, 0.15) is 15.6 Å². The third kappa shape index (κ3) is 11.6. The summed E-state index contributed by atoms with van der Waals surface area (Å²) in [5.74, 6) is 0.472. The van der Waals surface area contributed by atoms with Crippen LogP contribution in [0.15, 0.2) is 0 Å². The molecule has 0 unspecified atom stereocenters. The lowest BCUT2D eigenvalue weighted by molar-refractivity contribution is -0.119. The Balaban J connectivity index is 0. The zero-order valence-corrected chi connectivity index (χ0v) is 10.1. The number of ketones is 1. The van der Waals surface area contributed by atoms with Gasteiger partial charge >= 0.3 is 0 Å². The van der Waals surface area contributed by atoms with Crippen molar-refractivity contribution in [3.05, 3.63) is 0 Å². The molecule has 0 atom stereocenters. The van der Waals surface area contributed by atoms with Crippen molar-refractivity contribution in [3.8, 4) is 0 Å². The van der Waals surface area contributed by atoms with Gasteiger partial charge in [-0.1, -0.05) is 13.8 Å². The summed E-state index contributed by atoms with van der Waals surface area (Å²) in [6.45, 7) is 8.71. The number of carbonyl (C=O) groups is 1. The quantitative estimate of drug-likeness (QED) is 0.693. The molecule has 0 aliphatic carbocycles. The standard InChI is InChI=1S/C5H10O.C4H10O2S/c1-4(2)5(3)6;1-4(2)7(3,5)6/h4H,1-3H3;4H,1-3H3. The second-order valence-corrected chi connectivity index (χ2v) is 6.25. The summed E-state index contributed by atoms with van der Waals surface area (Å²) in [4.78, 5) is 10.1. The van der Waals surface area contributed by atoms with Gasteiger partial charge in [-0.15, -0.1) is 0 Å². The van der Waals surface area contributed by atoms with Crippen LogP contribution in [0.1, 0.15) is 34.6 Å². The molecule has 0 aromatic heterocycles. The molecule has 0 fully saturated rings. The summed E-state index contributed by atoms with van der Waals surface area (Å²) in [5, 5.41) is -0.229. The largest absolute Gasteiger partial charge is 0.300 e. The molecular weight excluding hydrogens is 188 g/mol. The van der Waals surface area contributed by atoms with Crippen molar-refractivity contribution >= 4 is 15.6 Å². The molecule has 0 heterocycles. The van der Waals surface area contributed by atoms with Crippen LogP contribution in [-0.4, -0.2) is 25.7 Å². The third-order valence-corrected chi connectivity index (χ3v) is 3.38. The van der Waals surface area contributed by atoms with Crippen LogP contribution in [0.4, 0.5) is 0 Å². The fourth-order valence-electron chi connectivity index (χ4n) is 0. The highest BCUT2D eigenvalue weighted by Crippen LogP contribution is 1.92. The molecule has 0 saturated carbocycles. The second kappa shape index (κ2) is 6.13. The molecule has 80 valence electrons. The molecule has 0 radical (unpaired) electrons. The van der Waals surface area contributed by atoms with E-state index in [1.165, 1.54) is 6.26 Å². The molecular formula is C9H20O3S. The highest BCUT2D eigenvalue weighted by molar-refractivity contribution is 7.91. The van der Waals surface area contributed by atoms with Crippen LogP contribution >= 0.6 is 0 Å². The molecule has 0 amide bonds. The van der Waals surface area contributed by atoms with Gasteiger partial charge in [0, 0.05) is 12.2 Å². The van der Waals surface area contributed by atoms with Gasteiger partial charge in [-0.25, -0.2) is 8.42 Å². The highest BCUT2D eigenvalue weighted by Gasteiger charge is 2.05. The maximum atomic E-state index is 10.3. The van der Waals surface area contributed by atoms with E-state index in [9.17, 15) is 13.2 Å². The van der Waals surface area contributed by atoms with E-state index in [1.807, 2.05) is 13.8 Å². The van der Waals surface area contributed by atoms with E-state index in [0.29, 0.717) is 0 Å². The molecule has 0 aliphatic rings. The number of Topliss-reactive ketones (excluding diaryl/α,β-unsaturated/α-hetero) is 1. The maximum absolute atomic E-state index is 10.3. The monoisotopic (exact) mass is 208 g/mol. The molecule has 0 aromatic carbocycles. The maximum Gasteiger partial charge on any atom is 0.149 e. The smallest absolute Gasteiger partial charge is 0.149 e. The normalized spacial score (nSPS) is 11.1. The van der Waals surface area contributed by atoms with Crippen molar-refractivity contribution < 1.29 is 13.2 Å². The van der Waals surface area contributed by atoms with E-state index in [-0.39, 0.29) is 17.0 Å². The Hall–Kier alpha value is -0.380. The number of hydrogen-bond donors (Lipinski definition) is 0. The van der Waals surface area contributed by atoms with Gasteiger partial charge in [0.05, 0.1) is 5.25 Å². The molecule has 0 saturated heterocycles. The predicted octanol–water partition coefficient (Wildman–Crippen LogP) is 1.67. The Bertz CT molecular complexity index is 238. The first-order valence-corrected chi connectivity index (χ1v) is 6.23. The second-order valence-electron chi connectivity index (χ2n) is 3.64. The fourth-order valence-corrected chi connectivity index (χ4v) is 0. The minimum absolute atomic E-state index is 0.213. The van der Waals surface area contributed by atoms with Crippen molar-refractivity contribution in [1.29, 1.82) is 0 Å². The van der Waals surface area contributed by atoms with Gasteiger partial charge in [0.25, 0.3) is 0 Å². The highest BCUT2D eigenvalue weighted by atomic mass is 32.2. The molecule has 0 bridgehead atoms. The summed E-state index contributed by atoms with van der Waals surface area (Å²) >= 11 is 0. The van der Waals surface area contributed by atoms with Gasteiger partial charge in [0.2, 0.25) is 0 Å². The fraction of sp³-hybridized carbons (Fsp3) is 0.889. The average molecular weight is 208 g/mol. The van der Waals surface area contributed by atoms with E-state index in [4.69, 9.17) is 0 Å². The summed E-state index contributed by atoms with van der Waals surface area (Å²) in [6.07, 6.45) is 1.23. The summed E-state index contributed by atoms with van der Waals surface area (Å²) < 4.78 is 20.7. The van der Waals surface area contributed by atoms with Gasteiger partial charge in [-0.3, -0.25) is 4.79 Å². The lowest BCUT2D eigenvalue weighted by atomic mass is 10.1. The Morgan fingerprint density at radius 3 is 1.23 bits per heavy atom. The lowest BCUT2D eigenvalue weighted by Crippen LogP contribution is -2.10. The van der Waals surface area contributed by atoms with Gasteiger partial charge in [-0.2, -0.15) is 0 Å². The Kier molecular flexibility index (Phi) is 7.13. The van der Waals surface area contributed by atoms with E-state index < -0.39 is 9.84 Å². The molecule has 0 N–H and O–H groups in total. The molecule has 4 heteroatoms. The summed E-state index contributed by atoms with van der Waals surface area (Å²) in [7, 11) is -2.74. The summed E-state index contributed by atoms with van der Waals surface area (Å²) in [5.41, 5.74) is 0. The van der Waals surface area contributed by atoms with Crippen LogP contribution < -0.4 is 0 Å². The average Bonchev–Trinajstić information content (AvgIpc) is 1.86. The topological polar surface area (TPSA) is 51.2 Å². The van der Waals surface area contributed by atoms with Crippen LogP contribution in [0.3, 0.4) is 0 Å². The molecule has 13 heavy (non-hydrogen) atoms. The van der Waals surface area contributed by atoms with Crippen LogP contribution in [0.2, 0.25) is 0 Å². The SMILES string of the molecule is CC(=O)C(C)C.CC(C)S(C)(=O)=O. The Labute approximate surface area is 81.5 Å². The minimum Gasteiger partial charge on any atom is -0.300 e. The Morgan fingerprint density at radius 1 is 1.08 bits per heavy atom. The van der Waals surface area contributed by atoms with Crippen molar-refractivity contribution in [2.75, 3.05) is 6.26 Å². The van der Waals surface area contributed by atoms with E-state index in [2.05, 4.69) is 0 Å². The number of carbonyl (C=O) groups excluding carboxylic acids is 1. The first kappa shape index (κ1) is 15.1. The van der Waals surface area contributed by atoms with E-state index in [0.717, 1.165) is 0 Å². The zero-order valence-electron chi connectivity index (χ0n) is 9.29. The molecule has 0 aliphatic heterocycles. The van der Waals surface area contributed by atoms with Crippen molar-refractivity contribution in [1.82, 2.24) is 0 Å². The van der Waals surface area contributed by atoms with Gasteiger partial charge < -0.3 is 0 Å². The number of hydrogen-bond acceptors (Lipinski definition) is 3. The van der Waals surface area contributed by atoms with Crippen LogP contribution in [0.25, 0.3) is 0 Å². The van der Waals surface area contributed by atoms with Crippen molar-refractivity contribution in [2.45, 2.75) is 39.9 Å². The van der Waals surface area contributed by atoms with Crippen LogP contribution in [0.5, 0.6) is 0 Å². The van der Waals surface area contributed by atoms with Crippen molar-refractivity contribution in [2.24, 2.45) is 5.92 Å². The van der Waals surface area contributed by atoms with Crippen LogP contribution in [-0.2, 0) is 14.6 Å². The molecule has 0 aromatic rings. The first-order chi connectivity index (χ1) is 5.59. The molecule has 0 rings (SSSR count). The van der Waals surface area contributed by atoms with E-state index in [1.54, 1.807) is 20.8 Å². The van der Waals surface area contributed by atoms with Gasteiger partial charge in [0.15, 0.2) is 0 Å². The molecule has 3 nitrogen and oxygen atoms in total. The first-order valence-electron chi connectivity index (χ1n) is 4.28. The number of rotatable bonds is 2. The summed E-state index contributed by atoms with van der Waals surface area (Å²) in [6, 6.07) is 0. The number of sulfone groups is 1. The van der Waals surface area contributed by atoms with Crippen LogP contribution in [0, 0.1) is 5.92 Å². The lowest BCUT2D eigenvalue weighted by Gasteiger charge is -1.96. The van der Waals surface area contributed by atoms with E-state index >= 15 is 0 Å². The Morgan fingerprint density at radius 2 is 1.23 bits per heavy atom.